The van der Waals surface area contributed by atoms with Crippen LogP contribution in [0.5, 0.6) is 0 Å². The van der Waals surface area contributed by atoms with Crippen molar-refractivity contribution in [3.63, 3.8) is 0 Å². The first-order valence-electron chi connectivity index (χ1n) is 25.8. The lowest BCUT2D eigenvalue weighted by atomic mass is 9.85. The van der Waals surface area contributed by atoms with Crippen LogP contribution in [0.2, 0.25) is 0 Å². The highest BCUT2D eigenvalue weighted by atomic mass is 79.9. The minimum Gasteiger partial charge on any atom is -0.306 e. The highest BCUT2D eigenvalue weighted by molar-refractivity contribution is 9.10. The summed E-state index contributed by atoms with van der Waals surface area (Å²) in [6.45, 7) is 4.35. The van der Waals surface area contributed by atoms with Gasteiger partial charge in [0.2, 0.25) is 0 Å². The molecule has 7 heteroatoms. The van der Waals surface area contributed by atoms with E-state index in [-0.39, 0.29) is 0 Å². The second kappa shape index (κ2) is 18.2. The number of nitrogens with zero attached hydrogens (tertiary/aromatic N) is 6. The summed E-state index contributed by atoms with van der Waals surface area (Å²) in [4.78, 5) is 14.7. The van der Waals surface area contributed by atoms with E-state index >= 15 is 0 Å². The van der Waals surface area contributed by atoms with E-state index in [4.69, 9.17) is 9.97 Å². The fourth-order valence-electron chi connectivity index (χ4n) is 11.8. The van der Waals surface area contributed by atoms with Crippen LogP contribution in [-0.4, -0.2) is 19.1 Å². The lowest BCUT2D eigenvalue weighted by Crippen LogP contribution is -2.19. The molecule has 0 radical (unpaired) electrons. The predicted octanol–water partition coefficient (Wildman–Crippen LogP) is 18.8. The Balaban J connectivity index is 0.000000172. The summed E-state index contributed by atoms with van der Waals surface area (Å²) in [6, 6.07) is 85.0. The number of aromatic nitrogens is 4. The second-order valence-corrected chi connectivity index (χ2v) is 20.1. The first-order valence-corrected chi connectivity index (χ1v) is 26.6. The summed E-state index contributed by atoms with van der Waals surface area (Å²) in [5, 5.41) is 4.99. The number of hydrogen-bond donors (Lipinski definition) is 0. The predicted molar refractivity (Wildman–Crippen MR) is 316 cm³/mol. The number of fused-ring (bicyclic) bond motifs is 6. The van der Waals surface area contributed by atoms with E-state index in [0.717, 1.165) is 79.6 Å². The molecule has 4 heterocycles. The molecule has 13 aromatic rings. The van der Waals surface area contributed by atoms with Gasteiger partial charge in [0, 0.05) is 28.7 Å². The van der Waals surface area contributed by atoms with Crippen LogP contribution in [0.4, 0.5) is 34.1 Å². The summed E-state index contributed by atoms with van der Waals surface area (Å²) >= 11 is 3.64. The first-order chi connectivity index (χ1) is 37.1. The molecule has 0 amide bonds. The van der Waals surface area contributed by atoms with Gasteiger partial charge in [0.1, 0.15) is 11.6 Å². The SMILES string of the molecule is CCc1nc2cccc3c2n1-c1ccc(-c2c4ccccc4c(-c4ccc(-c5ccccc5)cc4)c4ccccc24)cc1N3c1ccccc1.CCc1nc2cccc3c2n1-c1ccc(Br)cc1N3c1ccccc1. The lowest BCUT2D eigenvalue weighted by molar-refractivity contribution is 0.900. The molecule has 2 aromatic heterocycles. The summed E-state index contributed by atoms with van der Waals surface area (Å²) in [5.41, 5.74) is 21.0. The van der Waals surface area contributed by atoms with Crippen molar-refractivity contribution in [1.82, 2.24) is 19.1 Å². The minimum atomic E-state index is 0.851. The molecule has 358 valence electrons. The maximum Gasteiger partial charge on any atom is 0.114 e. The van der Waals surface area contributed by atoms with Gasteiger partial charge in [-0.1, -0.05) is 188 Å². The third-order valence-electron chi connectivity index (χ3n) is 15.0. The number of hydrogen-bond acceptors (Lipinski definition) is 4. The molecule has 2 aliphatic rings. The van der Waals surface area contributed by atoms with E-state index < -0.39 is 0 Å². The Bertz CT molecular complexity index is 4280. The summed E-state index contributed by atoms with van der Waals surface area (Å²) in [5.74, 6) is 2.17. The smallest absolute Gasteiger partial charge is 0.114 e. The maximum absolute atomic E-state index is 5.09. The van der Waals surface area contributed by atoms with Crippen LogP contribution in [0, 0.1) is 0 Å². The largest absolute Gasteiger partial charge is 0.306 e. The van der Waals surface area contributed by atoms with Crippen molar-refractivity contribution < 1.29 is 0 Å². The molecule has 6 nitrogen and oxygen atoms in total. The van der Waals surface area contributed by atoms with Gasteiger partial charge >= 0.3 is 0 Å². The van der Waals surface area contributed by atoms with Crippen molar-refractivity contribution in [3.8, 4) is 44.8 Å². The van der Waals surface area contributed by atoms with Crippen molar-refractivity contribution in [1.29, 1.82) is 0 Å². The molecule has 15 rings (SSSR count). The zero-order valence-corrected chi connectivity index (χ0v) is 43.1. The van der Waals surface area contributed by atoms with Gasteiger partial charge in [-0.2, -0.15) is 0 Å². The van der Waals surface area contributed by atoms with E-state index in [2.05, 4.69) is 285 Å². The van der Waals surface area contributed by atoms with Crippen LogP contribution >= 0.6 is 15.9 Å². The van der Waals surface area contributed by atoms with Crippen molar-refractivity contribution in [2.75, 3.05) is 9.80 Å². The first kappa shape index (κ1) is 44.6. The Morgan fingerprint density at radius 2 is 0.733 bits per heavy atom. The monoisotopic (exact) mass is 1030 g/mol. The number of imidazole rings is 2. The van der Waals surface area contributed by atoms with Crippen LogP contribution < -0.4 is 9.80 Å². The zero-order chi connectivity index (χ0) is 50.1. The van der Waals surface area contributed by atoms with Gasteiger partial charge in [-0.25, -0.2) is 9.97 Å². The van der Waals surface area contributed by atoms with Crippen LogP contribution in [-0.2, 0) is 12.8 Å². The van der Waals surface area contributed by atoms with Crippen LogP contribution in [0.3, 0.4) is 0 Å². The Kier molecular flexibility index (Phi) is 10.8. The third-order valence-corrected chi connectivity index (χ3v) is 15.5. The molecule has 75 heavy (non-hydrogen) atoms. The number of rotatable bonds is 7. The number of halogens is 1. The van der Waals surface area contributed by atoms with Gasteiger partial charge < -0.3 is 9.80 Å². The Morgan fingerprint density at radius 1 is 0.333 bits per heavy atom. The lowest BCUT2D eigenvalue weighted by Gasteiger charge is -2.33. The molecule has 0 fully saturated rings. The average Bonchev–Trinajstić information content (AvgIpc) is 4.07. The van der Waals surface area contributed by atoms with Crippen LogP contribution in [0.15, 0.2) is 241 Å². The standard InChI is InChI=1S/C47H33N3.C21H16BrN3/c1-2-44-48-40-22-13-23-42-47(40)50(44)41-29-28-34(30-43(41)49(42)35-16-7-4-8-17-35)46-38-20-11-9-18-36(38)45(37-19-10-12-21-39(37)46)33-26-24-32(25-27-33)31-14-5-3-6-15-31;1-2-20-23-16-9-6-10-18-21(16)25(20)17-12-11-14(22)13-19(17)24(18)15-7-4-3-5-8-15/h3-30H,2H2,1H3;3-13H,2H2,1H3. The third kappa shape index (κ3) is 7.21. The van der Waals surface area contributed by atoms with Crippen molar-refractivity contribution >= 4 is 93.7 Å². The molecule has 0 unspecified atom stereocenters. The average molecular weight is 1030 g/mol. The second-order valence-electron chi connectivity index (χ2n) is 19.2. The van der Waals surface area contributed by atoms with Gasteiger partial charge in [0.25, 0.3) is 0 Å². The molecule has 0 atom stereocenters. The van der Waals surface area contributed by atoms with Gasteiger partial charge in [-0.05, 0) is 134 Å². The zero-order valence-electron chi connectivity index (χ0n) is 41.5. The van der Waals surface area contributed by atoms with E-state index in [9.17, 15) is 0 Å². The number of benzene rings is 11. The maximum atomic E-state index is 5.09. The highest BCUT2D eigenvalue weighted by Crippen LogP contribution is 2.51. The fraction of sp³-hybridized carbons (Fsp3) is 0.0588. The molecule has 11 aromatic carbocycles. The minimum absolute atomic E-state index is 0.851. The highest BCUT2D eigenvalue weighted by Gasteiger charge is 2.31. The van der Waals surface area contributed by atoms with Gasteiger partial charge in [-0.3, -0.25) is 9.13 Å². The number of aryl methyl sites for hydroxylation is 2. The van der Waals surface area contributed by atoms with E-state index in [0.29, 0.717) is 0 Å². The number of anilines is 6. The Hall–Kier alpha value is -9.04. The molecule has 0 saturated heterocycles. The summed E-state index contributed by atoms with van der Waals surface area (Å²) in [6.07, 6.45) is 1.75. The molecule has 0 saturated carbocycles. The van der Waals surface area contributed by atoms with Crippen LogP contribution in [0.25, 0.3) is 88.4 Å². The molecule has 2 aliphatic heterocycles. The molecular weight excluding hydrogens is 981 g/mol. The molecule has 0 N–H and O–H groups in total. The Morgan fingerprint density at radius 3 is 1.23 bits per heavy atom. The quantitative estimate of drug-likeness (QED) is 0.149. The van der Waals surface area contributed by atoms with Crippen molar-refractivity contribution in [3.05, 3.63) is 253 Å². The topological polar surface area (TPSA) is 42.1 Å². The van der Waals surface area contributed by atoms with Crippen molar-refractivity contribution in [2.24, 2.45) is 0 Å². The summed E-state index contributed by atoms with van der Waals surface area (Å²) in [7, 11) is 0. The normalized spacial score (nSPS) is 12.3. The summed E-state index contributed by atoms with van der Waals surface area (Å²) < 4.78 is 5.76. The van der Waals surface area contributed by atoms with E-state index in [1.165, 1.54) is 71.8 Å². The number of para-hydroxylation sites is 4. The molecular formula is C68H49BrN6. The van der Waals surface area contributed by atoms with Crippen molar-refractivity contribution in [2.45, 2.75) is 26.7 Å². The van der Waals surface area contributed by atoms with Gasteiger partial charge in [-0.15, -0.1) is 0 Å². The van der Waals surface area contributed by atoms with Crippen LogP contribution in [0.1, 0.15) is 25.5 Å². The molecule has 0 spiro atoms. The van der Waals surface area contributed by atoms with Gasteiger partial charge in [0.15, 0.2) is 0 Å². The molecule has 0 aliphatic carbocycles. The fourth-order valence-corrected chi connectivity index (χ4v) is 12.1. The Labute approximate surface area is 444 Å². The van der Waals surface area contributed by atoms with E-state index in [1.54, 1.807) is 0 Å². The van der Waals surface area contributed by atoms with Gasteiger partial charge in [0.05, 0.1) is 56.2 Å². The van der Waals surface area contributed by atoms with E-state index in [1.807, 2.05) is 0 Å². The molecule has 0 bridgehead atoms.